The number of aromatic nitrogens is 4. The number of anilines is 1. The maximum absolute atomic E-state index is 12.0. The fourth-order valence-electron chi connectivity index (χ4n) is 1.46. The number of carboxylic acids is 1. The van der Waals surface area contributed by atoms with Crippen molar-refractivity contribution in [1.29, 1.82) is 0 Å². The Hall–Kier alpha value is -2.91. The molecular formula is C9H10N6O4. The van der Waals surface area contributed by atoms with E-state index in [1.807, 2.05) is 0 Å². The lowest BCUT2D eigenvalue weighted by Gasteiger charge is -2.08. The molecule has 0 aliphatic carbocycles. The van der Waals surface area contributed by atoms with Crippen LogP contribution in [0.15, 0.2) is 11.1 Å². The van der Waals surface area contributed by atoms with Crippen molar-refractivity contribution < 1.29 is 14.7 Å². The molecule has 0 aliphatic heterocycles. The maximum Gasteiger partial charge on any atom is 0.322 e. The lowest BCUT2D eigenvalue weighted by Crippen LogP contribution is -2.36. The predicted molar refractivity (Wildman–Crippen MR) is 63.2 cm³/mol. The van der Waals surface area contributed by atoms with Gasteiger partial charge in [-0.2, -0.15) is 4.98 Å². The molecule has 0 aliphatic rings. The number of aliphatic carboxylic acids is 1. The standard InChI is InChI=1S/C9H10N6O4/c10-9-14-7-6(12-3-13-7)8(19)15(9)2-4(16)11-1-5(17)18/h3H,1-2H2,(H2,10,14)(H,11,16)(H,12,13)(H,17,18). The van der Waals surface area contributed by atoms with Crippen molar-refractivity contribution in [3.05, 3.63) is 16.7 Å². The fourth-order valence-corrected chi connectivity index (χ4v) is 1.46. The first kappa shape index (κ1) is 12.5. The topological polar surface area (TPSA) is 156 Å². The molecule has 1 amide bonds. The zero-order chi connectivity index (χ0) is 14.0. The molecule has 2 aromatic rings. The average Bonchev–Trinajstić information content (AvgIpc) is 2.80. The Bertz CT molecular complexity index is 702. The number of nitrogens with two attached hydrogens (primary N) is 1. The zero-order valence-electron chi connectivity index (χ0n) is 9.58. The zero-order valence-corrected chi connectivity index (χ0v) is 9.58. The Morgan fingerprint density at radius 1 is 1.53 bits per heavy atom. The molecule has 0 spiro atoms. The van der Waals surface area contributed by atoms with Crippen LogP contribution in [0.4, 0.5) is 5.95 Å². The molecule has 10 heteroatoms. The fraction of sp³-hybridized carbons (Fsp3) is 0.222. The van der Waals surface area contributed by atoms with Crippen molar-refractivity contribution >= 4 is 29.0 Å². The van der Waals surface area contributed by atoms with Gasteiger partial charge in [-0.3, -0.25) is 19.0 Å². The Labute approximate surface area is 105 Å². The molecule has 0 saturated carbocycles. The highest BCUT2D eigenvalue weighted by atomic mass is 16.4. The van der Waals surface area contributed by atoms with E-state index in [1.165, 1.54) is 6.33 Å². The van der Waals surface area contributed by atoms with E-state index in [1.54, 1.807) is 0 Å². The first-order chi connectivity index (χ1) is 8.99. The number of rotatable bonds is 4. The summed E-state index contributed by atoms with van der Waals surface area (Å²) in [5, 5.41) is 10.5. The van der Waals surface area contributed by atoms with Gasteiger partial charge < -0.3 is 21.1 Å². The first-order valence-electron chi connectivity index (χ1n) is 5.17. The second-order valence-electron chi connectivity index (χ2n) is 3.63. The van der Waals surface area contributed by atoms with Crippen LogP contribution in [-0.4, -0.2) is 43.0 Å². The molecule has 0 radical (unpaired) electrons. The molecule has 2 heterocycles. The summed E-state index contributed by atoms with van der Waals surface area (Å²) in [6, 6.07) is 0. The number of hydrogen-bond donors (Lipinski definition) is 4. The normalized spacial score (nSPS) is 10.5. The van der Waals surface area contributed by atoms with E-state index in [9.17, 15) is 14.4 Å². The Morgan fingerprint density at radius 2 is 2.26 bits per heavy atom. The van der Waals surface area contributed by atoms with Crippen molar-refractivity contribution in [3.63, 3.8) is 0 Å². The highest BCUT2D eigenvalue weighted by molar-refractivity contribution is 5.81. The molecule has 2 rings (SSSR count). The molecular weight excluding hydrogens is 256 g/mol. The number of amides is 1. The van der Waals surface area contributed by atoms with Crippen LogP contribution in [0.1, 0.15) is 0 Å². The quantitative estimate of drug-likeness (QED) is 0.493. The summed E-state index contributed by atoms with van der Waals surface area (Å²) in [4.78, 5) is 43.9. The third-order valence-electron chi connectivity index (χ3n) is 2.31. The summed E-state index contributed by atoms with van der Waals surface area (Å²) in [5.41, 5.74) is 5.28. The number of carboxylic acid groups (broad SMARTS) is 1. The Morgan fingerprint density at radius 3 is 2.95 bits per heavy atom. The number of imidazole rings is 1. The Kier molecular flexibility index (Phi) is 3.14. The largest absolute Gasteiger partial charge is 0.480 e. The monoisotopic (exact) mass is 266 g/mol. The van der Waals surface area contributed by atoms with Gasteiger partial charge in [-0.05, 0) is 0 Å². The van der Waals surface area contributed by atoms with Gasteiger partial charge in [-0.15, -0.1) is 0 Å². The van der Waals surface area contributed by atoms with Crippen molar-refractivity contribution in [2.45, 2.75) is 6.54 Å². The summed E-state index contributed by atoms with van der Waals surface area (Å²) in [6.07, 6.45) is 1.29. The molecule has 0 atom stereocenters. The number of H-pyrrole nitrogens is 1. The van der Waals surface area contributed by atoms with E-state index in [4.69, 9.17) is 10.8 Å². The van der Waals surface area contributed by atoms with E-state index < -0.39 is 30.5 Å². The molecule has 19 heavy (non-hydrogen) atoms. The molecule has 5 N–H and O–H groups in total. The van der Waals surface area contributed by atoms with Gasteiger partial charge in [-0.25, -0.2) is 4.98 Å². The van der Waals surface area contributed by atoms with Crippen LogP contribution in [0.5, 0.6) is 0 Å². The lowest BCUT2D eigenvalue weighted by molar-refractivity contribution is -0.138. The van der Waals surface area contributed by atoms with Crippen LogP contribution in [0, 0.1) is 0 Å². The smallest absolute Gasteiger partial charge is 0.322 e. The minimum Gasteiger partial charge on any atom is -0.480 e. The van der Waals surface area contributed by atoms with Crippen molar-refractivity contribution in [3.8, 4) is 0 Å². The molecule has 0 fully saturated rings. The number of nitrogens with one attached hydrogen (secondary N) is 2. The molecule has 100 valence electrons. The molecule has 0 saturated heterocycles. The number of aromatic amines is 1. The summed E-state index contributed by atoms with van der Waals surface area (Å²) in [7, 11) is 0. The Balaban J connectivity index is 2.27. The second kappa shape index (κ2) is 4.76. The number of hydrogen-bond acceptors (Lipinski definition) is 6. The van der Waals surface area contributed by atoms with Gasteiger partial charge >= 0.3 is 5.97 Å². The predicted octanol–water partition coefficient (Wildman–Crippen LogP) is -2.10. The second-order valence-corrected chi connectivity index (χ2v) is 3.63. The number of carbonyl (C=O) groups excluding carboxylic acids is 1. The first-order valence-corrected chi connectivity index (χ1v) is 5.17. The van der Waals surface area contributed by atoms with Gasteiger partial charge in [0.05, 0.1) is 6.33 Å². The average molecular weight is 266 g/mol. The molecule has 0 bridgehead atoms. The number of nitrogen functional groups attached to an aromatic ring is 1. The minimum absolute atomic E-state index is 0.125. The number of fused-ring (bicyclic) bond motifs is 1. The van der Waals surface area contributed by atoms with E-state index in [0.29, 0.717) is 0 Å². The van der Waals surface area contributed by atoms with E-state index in [2.05, 4.69) is 20.3 Å². The van der Waals surface area contributed by atoms with Crippen molar-refractivity contribution in [2.75, 3.05) is 12.3 Å². The molecule has 0 unspecified atom stereocenters. The van der Waals surface area contributed by atoms with Crippen LogP contribution < -0.4 is 16.6 Å². The van der Waals surface area contributed by atoms with Crippen LogP contribution in [0.2, 0.25) is 0 Å². The highest BCUT2D eigenvalue weighted by Crippen LogP contribution is 2.03. The summed E-state index contributed by atoms with van der Waals surface area (Å²) in [5.74, 6) is -2.01. The van der Waals surface area contributed by atoms with Gasteiger partial charge in [0.2, 0.25) is 11.9 Å². The van der Waals surface area contributed by atoms with Gasteiger partial charge in [0, 0.05) is 0 Å². The highest BCUT2D eigenvalue weighted by Gasteiger charge is 2.13. The van der Waals surface area contributed by atoms with Crippen molar-refractivity contribution in [1.82, 2.24) is 24.8 Å². The SMILES string of the molecule is Nc1nc2nc[nH]c2c(=O)n1CC(=O)NCC(=O)O. The third-order valence-corrected chi connectivity index (χ3v) is 2.31. The van der Waals surface area contributed by atoms with E-state index >= 15 is 0 Å². The van der Waals surface area contributed by atoms with Gasteiger partial charge in [0.1, 0.15) is 13.1 Å². The van der Waals surface area contributed by atoms with Gasteiger partial charge in [0.15, 0.2) is 11.2 Å². The minimum atomic E-state index is -1.18. The molecule has 10 nitrogen and oxygen atoms in total. The van der Waals surface area contributed by atoms with Crippen molar-refractivity contribution in [2.24, 2.45) is 0 Å². The van der Waals surface area contributed by atoms with Gasteiger partial charge in [-0.1, -0.05) is 0 Å². The van der Waals surface area contributed by atoms with Crippen LogP contribution in [0.3, 0.4) is 0 Å². The molecule has 2 aromatic heterocycles. The van der Waals surface area contributed by atoms with Crippen LogP contribution >= 0.6 is 0 Å². The van der Waals surface area contributed by atoms with Gasteiger partial charge in [0.25, 0.3) is 5.56 Å². The summed E-state index contributed by atoms with van der Waals surface area (Å²) in [6.45, 7) is -0.951. The molecule has 0 aromatic carbocycles. The summed E-state index contributed by atoms with van der Waals surface area (Å²) < 4.78 is 0.928. The van der Waals surface area contributed by atoms with E-state index in [0.717, 1.165) is 4.57 Å². The number of carbonyl (C=O) groups is 2. The number of nitrogens with zero attached hydrogens (tertiary/aromatic N) is 3. The lowest BCUT2D eigenvalue weighted by atomic mass is 10.4. The van der Waals surface area contributed by atoms with Crippen LogP contribution in [0.25, 0.3) is 11.2 Å². The third kappa shape index (κ3) is 2.51. The summed E-state index contributed by atoms with van der Waals surface area (Å²) >= 11 is 0. The van der Waals surface area contributed by atoms with Crippen LogP contribution in [-0.2, 0) is 16.1 Å². The maximum atomic E-state index is 12.0. The van der Waals surface area contributed by atoms with E-state index in [-0.39, 0.29) is 17.1 Å².